The summed E-state index contributed by atoms with van der Waals surface area (Å²) in [6.45, 7) is 11.8. The van der Waals surface area contributed by atoms with Crippen LogP contribution in [0.2, 0.25) is 0 Å². The zero-order valence-electron chi connectivity index (χ0n) is 45.8. The van der Waals surface area contributed by atoms with E-state index >= 15 is 0 Å². The molecular weight excluding hydrogens is 1060 g/mol. The minimum atomic E-state index is -3.77. The van der Waals surface area contributed by atoms with Gasteiger partial charge >= 0.3 is 0 Å². The lowest BCUT2D eigenvalue weighted by Crippen LogP contribution is -2.47. The van der Waals surface area contributed by atoms with Gasteiger partial charge in [-0.25, -0.2) is 37.7 Å². The van der Waals surface area contributed by atoms with Gasteiger partial charge < -0.3 is 24.7 Å². The number of halogens is 2. The molecule has 4 aliphatic rings. The van der Waals surface area contributed by atoms with Gasteiger partial charge in [0.1, 0.15) is 46.3 Å². The summed E-state index contributed by atoms with van der Waals surface area (Å²) in [7, 11) is -3.77. The average molecular weight is 1130 g/mol. The standard InChI is InChI=1S/C34H36FN7O3S.C27H30FN7O/c1-25-10-12-28(13-11-25)46(43,44)45-22-21-39-17-19-40(20-18-39)33-9-3-7-29(37-33)31-24-36-32-14-15-34(38-42(31)32)41-16-4-8-30(41)26-5-2-6-27(35)23-26;28-21-5-1-4-20(18-21)23-7-3-11-34(23)27-10-9-25-29-19-24(35(25)31-27)22-6-2-8-26(30-22)33-14-12-32(13-15-33)16-17-36/h2-3,5-7,9-15,23-24,30H,4,8,16-22H2,1H3;1-2,4-6,8-10,18-19,23,36H,3,7,11-17H2/t30-;23-/m11/s1. The third-order valence-electron chi connectivity index (χ3n) is 16.0. The number of benzene rings is 3. The normalized spacial score (nSPS) is 18.2. The third kappa shape index (κ3) is 12.0. The number of nitrogens with zero attached hydrogens (tertiary/aromatic N) is 14. The molecule has 4 saturated heterocycles. The van der Waals surface area contributed by atoms with Crippen molar-refractivity contribution in [3.8, 4) is 22.8 Å². The molecule has 6 aromatic heterocycles. The van der Waals surface area contributed by atoms with E-state index in [1.807, 2.05) is 94.9 Å². The molecule has 10 heterocycles. The predicted octanol–water partition coefficient (Wildman–Crippen LogP) is 8.49. The molecule has 0 saturated carbocycles. The molecule has 0 unspecified atom stereocenters. The number of fused-ring (bicyclic) bond motifs is 2. The summed E-state index contributed by atoms with van der Waals surface area (Å²) in [5.41, 5.74) is 7.66. The van der Waals surface area contributed by atoms with Gasteiger partial charge in [-0.15, -0.1) is 10.2 Å². The number of aliphatic hydroxyl groups is 1. The van der Waals surface area contributed by atoms with Gasteiger partial charge in [-0.1, -0.05) is 54.1 Å². The number of aryl methyl sites for hydroxylation is 1. The number of β-amino-alcohol motifs (C(OH)–C–C–N with tert-alkyl or cyclic N) is 1. The number of hydrogen-bond donors (Lipinski definition) is 1. The molecule has 9 aromatic rings. The van der Waals surface area contributed by atoms with Crippen molar-refractivity contribution in [1.29, 1.82) is 0 Å². The van der Waals surface area contributed by atoms with Crippen LogP contribution in [-0.2, 0) is 14.3 Å². The number of rotatable bonds is 15. The van der Waals surface area contributed by atoms with Crippen LogP contribution in [0.1, 0.15) is 54.5 Å². The van der Waals surface area contributed by atoms with Gasteiger partial charge in [-0.3, -0.25) is 14.0 Å². The van der Waals surface area contributed by atoms with Gasteiger partial charge in [0.2, 0.25) is 0 Å². The Morgan fingerprint density at radius 1 is 0.549 bits per heavy atom. The molecule has 18 nitrogen and oxygen atoms in total. The summed E-state index contributed by atoms with van der Waals surface area (Å²) < 4.78 is 62.0. The Labute approximate surface area is 476 Å². The molecule has 424 valence electrons. The Morgan fingerprint density at radius 3 is 1.50 bits per heavy atom. The van der Waals surface area contributed by atoms with Gasteiger partial charge in [-0.2, -0.15) is 8.42 Å². The van der Waals surface area contributed by atoms with Gasteiger partial charge in [0, 0.05) is 78.5 Å². The van der Waals surface area contributed by atoms with Crippen LogP contribution < -0.4 is 19.6 Å². The van der Waals surface area contributed by atoms with Gasteiger partial charge in [0.05, 0.1) is 54.0 Å². The maximum Gasteiger partial charge on any atom is 0.297 e. The second-order valence-electron chi connectivity index (χ2n) is 21.3. The van der Waals surface area contributed by atoms with E-state index in [1.165, 1.54) is 12.1 Å². The number of anilines is 4. The summed E-state index contributed by atoms with van der Waals surface area (Å²) >= 11 is 0. The summed E-state index contributed by atoms with van der Waals surface area (Å²) in [4.78, 5) is 32.8. The number of piperazine rings is 2. The summed E-state index contributed by atoms with van der Waals surface area (Å²) in [6, 6.07) is 40.5. The molecule has 82 heavy (non-hydrogen) atoms. The molecule has 0 bridgehead atoms. The van der Waals surface area contributed by atoms with Crippen molar-refractivity contribution in [2.24, 2.45) is 0 Å². The number of hydrogen-bond acceptors (Lipinski definition) is 16. The minimum absolute atomic E-state index is 0.0666. The molecule has 0 amide bonds. The van der Waals surface area contributed by atoms with E-state index in [0.717, 1.165) is 165 Å². The minimum Gasteiger partial charge on any atom is -0.395 e. The monoisotopic (exact) mass is 1130 g/mol. The molecule has 0 radical (unpaired) electrons. The number of aliphatic hydroxyl groups excluding tert-OH is 1. The highest BCUT2D eigenvalue weighted by molar-refractivity contribution is 7.86. The van der Waals surface area contributed by atoms with Crippen molar-refractivity contribution in [3.63, 3.8) is 0 Å². The zero-order chi connectivity index (χ0) is 56.2. The average Bonchev–Trinajstić information content (AvgIpc) is 4.48. The molecule has 13 rings (SSSR count). The third-order valence-corrected chi connectivity index (χ3v) is 17.3. The molecule has 1 N–H and O–H groups in total. The van der Waals surface area contributed by atoms with Crippen molar-refractivity contribution in [2.75, 3.05) is 111 Å². The molecular formula is C61H66F2N14O4S. The highest BCUT2D eigenvalue weighted by atomic mass is 32.2. The van der Waals surface area contributed by atoms with Crippen molar-refractivity contribution < 1.29 is 26.5 Å². The summed E-state index contributed by atoms with van der Waals surface area (Å²) in [5, 5.41) is 19.2. The fourth-order valence-corrected chi connectivity index (χ4v) is 12.6. The fraction of sp³-hybridized carbons (Fsp3) is 0.344. The highest BCUT2D eigenvalue weighted by Crippen LogP contribution is 2.38. The van der Waals surface area contributed by atoms with Crippen LogP contribution in [0.15, 0.2) is 151 Å². The first kappa shape index (κ1) is 54.6. The van der Waals surface area contributed by atoms with Crippen molar-refractivity contribution in [2.45, 2.75) is 49.6 Å². The molecule has 4 aliphatic heterocycles. The largest absolute Gasteiger partial charge is 0.395 e. The van der Waals surface area contributed by atoms with E-state index in [4.69, 9.17) is 24.3 Å². The second-order valence-corrected chi connectivity index (χ2v) is 22.9. The molecule has 2 atom stereocenters. The van der Waals surface area contributed by atoms with E-state index in [1.54, 1.807) is 54.7 Å². The Morgan fingerprint density at radius 2 is 1.02 bits per heavy atom. The van der Waals surface area contributed by atoms with Crippen LogP contribution in [0.5, 0.6) is 0 Å². The van der Waals surface area contributed by atoms with Gasteiger partial charge in [-0.05, 0) is 129 Å². The van der Waals surface area contributed by atoms with Crippen LogP contribution in [0, 0.1) is 18.6 Å². The van der Waals surface area contributed by atoms with Crippen LogP contribution in [-0.4, -0.2) is 154 Å². The topological polar surface area (TPSA) is 169 Å². The lowest BCUT2D eigenvalue weighted by Gasteiger charge is -2.35. The van der Waals surface area contributed by atoms with E-state index in [0.29, 0.717) is 13.1 Å². The van der Waals surface area contributed by atoms with Crippen molar-refractivity contribution in [1.82, 2.24) is 49.0 Å². The molecule has 0 spiro atoms. The SMILES string of the molecule is Cc1ccc(S(=O)(=O)OCCN2CCN(c3cccc(-c4cnc5ccc(N6CCC[C@@H]6c6cccc(F)c6)nn45)n3)CC2)cc1.OCCN1CCN(c2cccc(-c3cnc4ccc(N5CCC[C@@H]5c5cccc(F)c5)nn34)n2)CC1. The number of aromatic nitrogens is 8. The molecule has 4 fully saturated rings. The number of imidazole rings is 2. The molecule has 3 aromatic carbocycles. The fourth-order valence-electron chi connectivity index (χ4n) is 11.7. The van der Waals surface area contributed by atoms with E-state index in [-0.39, 0.29) is 41.8 Å². The Balaban J connectivity index is 0.000000167. The second kappa shape index (κ2) is 24.3. The van der Waals surface area contributed by atoms with E-state index in [9.17, 15) is 22.3 Å². The molecule has 0 aliphatic carbocycles. The summed E-state index contributed by atoms with van der Waals surface area (Å²) in [5.74, 6) is 3.04. The Kier molecular flexibility index (Phi) is 16.2. The highest BCUT2D eigenvalue weighted by Gasteiger charge is 2.30. The maximum atomic E-state index is 14.0. The van der Waals surface area contributed by atoms with Crippen LogP contribution in [0.25, 0.3) is 34.1 Å². The van der Waals surface area contributed by atoms with Crippen molar-refractivity contribution >= 4 is 44.7 Å². The maximum absolute atomic E-state index is 14.0. The smallest absolute Gasteiger partial charge is 0.297 e. The first-order chi connectivity index (χ1) is 40.0. The van der Waals surface area contributed by atoms with E-state index < -0.39 is 10.1 Å². The van der Waals surface area contributed by atoms with Crippen molar-refractivity contribution in [3.05, 3.63) is 174 Å². The summed E-state index contributed by atoms with van der Waals surface area (Å²) in [6.07, 6.45) is 7.58. The van der Waals surface area contributed by atoms with Crippen LogP contribution >= 0.6 is 0 Å². The Hall–Kier alpha value is -7.95. The Bertz CT molecular complexity index is 3780. The lowest BCUT2D eigenvalue weighted by molar-refractivity contribution is 0.188. The van der Waals surface area contributed by atoms with Gasteiger partial charge in [0.15, 0.2) is 11.3 Å². The predicted molar refractivity (Wildman–Crippen MR) is 313 cm³/mol. The van der Waals surface area contributed by atoms with Crippen LogP contribution in [0.4, 0.5) is 32.1 Å². The lowest BCUT2D eigenvalue weighted by atomic mass is 10.0. The van der Waals surface area contributed by atoms with E-state index in [2.05, 4.69) is 39.4 Å². The first-order valence-electron chi connectivity index (χ1n) is 28.2. The number of pyridine rings is 2. The van der Waals surface area contributed by atoms with Gasteiger partial charge in [0.25, 0.3) is 10.1 Å². The van der Waals surface area contributed by atoms with Crippen LogP contribution in [0.3, 0.4) is 0 Å². The first-order valence-corrected chi connectivity index (χ1v) is 29.6. The molecule has 21 heteroatoms. The quantitative estimate of drug-likeness (QED) is 0.0969. The zero-order valence-corrected chi connectivity index (χ0v) is 46.7.